The molecular weight excluding hydrogens is 288 g/mol. The van der Waals surface area contributed by atoms with Crippen LogP contribution in [0.1, 0.15) is 36.8 Å². The zero-order chi connectivity index (χ0) is 16.4. The number of hydrogen-bond acceptors (Lipinski definition) is 4. The molecule has 2 aromatic heterocycles. The van der Waals surface area contributed by atoms with E-state index in [4.69, 9.17) is 0 Å². The Balaban J connectivity index is 1.61. The topological polar surface area (TPSA) is 54.2 Å². The molecular formula is C18H26N4O. The van der Waals surface area contributed by atoms with Crippen LogP contribution in [0.5, 0.6) is 0 Å². The third kappa shape index (κ3) is 3.46. The van der Waals surface area contributed by atoms with Crippen molar-refractivity contribution in [1.29, 1.82) is 0 Å². The SMILES string of the molecule is Cc1cc(C)n(C[C@H](C)N2CCC(O)(c3ccccn3)CC2)n1. The molecule has 1 aliphatic rings. The standard InChI is InChI=1S/C18H26N4O/c1-14-12-15(2)22(20-14)13-16(3)21-10-7-18(23,8-11-21)17-6-4-5-9-19-17/h4-6,9,12,16,23H,7-8,10-11,13H2,1-3H3/t16-/m0/s1. The number of piperidine rings is 1. The molecule has 0 unspecified atom stereocenters. The van der Waals surface area contributed by atoms with Gasteiger partial charge in [-0.3, -0.25) is 14.6 Å². The average molecular weight is 314 g/mol. The van der Waals surface area contributed by atoms with E-state index in [1.807, 2.05) is 25.1 Å². The Morgan fingerprint density at radius 2 is 2.00 bits per heavy atom. The van der Waals surface area contributed by atoms with Gasteiger partial charge in [0.05, 0.1) is 17.9 Å². The minimum Gasteiger partial charge on any atom is -0.383 e. The summed E-state index contributed by atoms with van der Waals surface area (Å²) in [6.07, 6.45) is 3.21. The molecule has 3 rings (SSSR count). The minimum atomic E-state index is -0.782. The Bertz CT molecular complexity index is 644. The highest BCUT2D eigenvalue weighted by Crippen LogP contribution is 2.32. The van der Waals surface area contributed by atoms with Gasteiger partial charge in [0.1, 0.15) is 5.60 Å². The van der Waals surface area contributed by atoms with Crippen molar-refractivity contribution < 1.29 is 5.11 Å². The molecule has 0 bridgehead atoms. The molecule has 1 saturated heterocycles. The summed E-state index contributed by atoms with van der Waals surface area (Å²) in [6.45, 7) is 9.02. The van der Waals surface area contributed by atoms with E-state index in [1.165, 1.54) is 5.69 Å². The lowest BCUT2D eigenvalue weighted by atomic mass is 9.87. The Kier molecular flexibility index (Phi) is 4.50. The number of aromatic nitrogens is 3. The van der Waals surface area contributed by atoms with Crippen LogP contribution in [0.2, 0.25) is 0 Å². The van der Waals surface area contributed by atoms with Crippen molar-refractivity contribution in [2.75, 3.05) is 13.1 Å². The molecule has 5 heteroatoms. The Morgan fingerprint density at radius 3 is 2.57 bits per heavy atom. The summed E-state index contributed by atoms with van der Waals surface area (Å²) in [6, 6.07) is 8.27. The second kappa shape index (κ2) is 6.42. The lowest BCUT2D eigenvalue weighted by molar-refractivity contribution is -0.0388. The number of pyridine rings is 1. The molecule has 1 aliphatic heterocycles. The summed E-state index contributed by atoms with van der Waals surface area (Å²) in [5, 5.41) is 15.4. The molecule has 3 heterocycles. The van der Waals surface area contributed by atoms with Crippen LogP contribution in [0.15, 0.2) is 30.5 Å². The fraction of sp³-hybridized carbons (Fsp3) is 0.556. The van der Waals surface area contributed by atoms with Crippen molar-refractivity contribution in [2.24, 2.45) is 0 Å². The average Bonchev–Trinajstić information content (AvgIpc) is 2.86. The molecule has 124 valence electrons. The number of aliphatic hydroxyl groups is 1. The second-order valence-electron chi connectivity index (χ2n) is 6.74. The van der Waals surface area contributed by atoms with Crippen molar-refractivity contribution >= 4 is 0 Å². The molecule has 1 atom stereocenters. The van der Waals surface area contributed by atoms with Crippen LogP contribution >= 0.6 is 0 Å². The number of rotatable bonds is 4. The Morgan fingerprint density at radius 1 is 1.26 bits per heavy atom. The van der Waals surface area contributed by atoms with Crippen molar-refractivity contribution in [1.82, 2.24) is 19.7 Å². The van der Waals surface area contributed by atoms with E-state index in [2.05, 4.69) is 39.6 Å². The molecule has 23 heavy (non-hydrogen) atoms. The maximum atomic E-state index is 10.9. The highest BCUT2D eigenvalue weighted by Gasteiger charge is 2.36. The largest absolute Gasteiger partial charge is 0.383 e. The molecule has 2 aromatic rings. The van der Waals surface area contributed by atoms with Gasteiger partial charge >= 0.3 is 0 Å². The van der Waals surface area contributed by atoms with E-state index < -0.39 is 5.60 Å². The van der Waals surface area contributed by atoms with E-state index in [-0.39, 0.29) is 0 Å². The fourth-order valence-corrected chi connectivity index (χ4v) is 3.45. The molecule has 0 aliphatic carbocycles. The van der Waals surface area contributed by atoms with Gasteiger partial charge in [-0.1, -0.05) is 6.07 Å². The van der Waals surface area contributed by atoms with E-state index >= 15 is 0 Å². The summed E-state index contributed by atoms with van der Waals surface area (Å²) in [7, 11) is 0. The number of hydrogen-bond donors (Lipinski definition) is 1. The number of aryl methyl sites for hydroxylation is 2. The molecule has 0 amide bonds. The van der Waals surface area contributed by atoms with Crippen LogP contribution < -0.4 is 0 Å². The normalized spacial score (nSPS) is 19.7. The zero-order valence-electron chi connectivity index (χ0n) is 14.2. The summed E-state index contributed by atoms with van der Waals surface area (Å²) in [5.74, 6) is 0. The van der Waals surface area contributed by atoms with Crippen LogP contribution in [0, 0.1) is 13.8 Å². The van der Waals surface area contributed by atoms with Crippen molar-refractivity contribution in [3.63, 3.8) is 0 Å². The predicted octanol–water partition coefficient (Wildman–Crippen LogP) is 2.27. The van der Waals surface area contributed by atoms with E-state index in [9.17, 15) is 5.11 Å². The van der Waals surface area contributed by atoms with Gasteiger partial charge in [0, 0.05) is 31.0 Å². The highest BCUT2D eigenvalue weighted by atomic mass is 16.3. The lowest BCUT2D eigenvalue weighted by Crippen LogP contribution is -2.47. The van der Waals surface area contributed by atoms with Crippen LogP contribution in [0.3, 0.4) is 0 Å². The fourth-order valence-electron chi connectivity index (χ4n) is 3.45. The van der Waals surface area contributed by atoms with Crippen LogP contribution in [-0.2, 0) is 12.1 Å². The first kappa shape index (κ1) is 16.1. The molecule has 5 nitrogen and oxygen atoms in total. The first-order chi connectivity index (χ1) is 11.0. The molecule has 0 spiro atoms. The van der Waals surface area contributed by atoms with Gasteiger partial charge in [-0.15, -0.1) is 0 Å². The molecule has 0 saturated carbocycles. The van der Waals surface area contributed by atoms with E-state index in [0.717, 1.165) is 43.9 Å². The molecule has 1 N–H and O–H groups in total. The van der Waals surface area contributed by atoms with Crippen molar-refractivity contribution in [3.05, 3.63) is 47.5 Å². The zero-order valence-corrected chi connectivity index (χ0v) is 14.2. The first-order valence-corrected chi connectivity index (χ1v) is 8.37. The number of likely N-dealkylation sites (tertiary alicyclic amines) is 1. The van der Waals surface area contributed by atoms with Gasteiger partial charge in [-0.2, -0.15) is 5.10 Å². The van der Waals surface area contributed by atoms with Gasteiger partial charge < -0.3 is 5.11 Å². The van der Waals surface area contributed by atoms with E-state index in [0.29, 0.717) is 6.04 Å². The monoisotopic (exact) mass is 314 g/mol. The van der Waals surface area contributed by atoms with Gasteiger partial charge in [-0.25, -0.2) is 0 Å². The van der Waals surface area contributed by atoms with Crippen molar-refractivity contribution in [3.8, 4) is 0 Å². The van der Waals surface area contributed by atoms with Crippen LogP contribution in [-0.4, -0.2) is 43.9 Å². The quantitative estimate of drug-likeness (QED) is 0.940. The lowest BCUT2D eigenvalue weighted by Gasteiger charge is -2.40. The molecule has 0 radical (unpaired) electrons. The molecule has 1 fully saturated rings. The summed E-state index contributed by atoms with van der Waals surface area (Å²) >= 11 is 0. The summed E-state index contributed by atoms with van der Waals surface area (Å²) in [5.41, 5.74) is 2.29. The predicted molar refractivity (Wildman–Crippen MR) is 90.1 cm³/mol. The highest BCUT2D eigenvalue weighted by molar-refractivity contribution is 5.14. The number of nitrogens with zero attached hydrogens (tertiary/aromatic N) is 4. The third-order valence-corrected chi connectivity index (χ3v) is 4.93. The van der Waals surface area contributed by atoms with Crippen LogP contribution in [0.25, 0.3) is 0 Å². The summed E-state index contributed by atoms with van der Waals surface area (Å²) < 4.78 is 2.08. The van der Waals surface area contributed by atoms with Gasteiger partial charge in [0.2, 0.25) is 0 Å². The van der Waals surface area contributed by atoms with Gasteiger partial charge in [-0.05, 0) is 51.8 Å². The molecule has 0 aromatic carbocycles. The van der Waals surface area contributed by atoms with Gasteiger partial charge in [0.15, 0.2) is 0 Å². The first-order valence-electron chi connectivity index (χ1n) is 8.37. The maximum absolute atomic E-state index is 10.9. The Labute approximate surface area is 138 Å². The smallest absolute Gasteiger partial charge is 0.109 e. The van der Waals surface area contributed by atoms with Crippen LogP contribution in [0.4, 0.5) is 0 Å². The van der Waals surface area contributed by atoms with Gasteiger partial charge in [0.25, 0.3) is 0 Å². The van der Waals surface area contributed by atoms with Crippen molar-refractivity contribution in [2.45, 2.75) is 51.8 Å². The maximum Gasteiger partial charge on any atom is 0.109 e. The van der Waals surface area contributed by atoms with E-state index in [1.54, 1.807) is 6.20 Å². The second-order valence-corrected chi connectivity index (χ2v) is 6.74. The third-order valence-electron chi connectivity index (χ3n) is 4.93. The minimum absolute atomic E-state index is 0.404. The Hall–Kier alpha value is -1.72. The summed E-state index contributed by atoms with van der Waals surface area (Å²) in [4.78, 5) is 6.78.